The maximum absolute atomic E-state index is 12.1. The van der Waals surface area contributed by atoms with Crippen LogP contribution in [0.4, 0.5) is 0 Å². The Morgan fingerprint density at radius 2 is 2.00 bits per heavy atom. The molecule has 1 N–H and O–H groups in total. The molecule has 0 saturated carbocycles. The van der Waals surface area contributed by atoms with Gasteiger partial charge in [0, 0.05) is 36.4 Å². The van der Waals surface area contributed by atoms with Crippen LogP contribution in [-0.4, -0.2) is 30.5 Å². The molecule has 164 valence electrons. The first-order chi connectivity index (χ1) is 15.7. The molecule has 1 aromatic carbocycles. The molecule has 5 rings (SSSR count). The normalized spacial score (nSPS) is 16.7. The van der Waals surface area contributed by atoms with E-state index in [0.29, 0.717) is 6.42 Å². The lowest BCUT2D eigenvalue weighted by Gasteiger charge is -2.24. The van der Waals surface area contributed by atoms with Crippen molar-refractivity contribution in [3.8, 4) is 0 Å². The standard InChI is InChI=1S/C26H28N4O2/c1-2-8-22(26(31)32)25-21-13-12-20(16-24(21)29-14-7-6-11-23(25)29)30-17-19(27-28-30)15-18-9-4-3-5-10-18/h3-7,9-11,14,17,20,22H,2,8,12-13,15-16H2,1H3,(H,31,32). The Hall–Kier alpha value is -3.41. The highest BCUT2D eigenvalue weighted by molar-refractivity contribution is 5.82. The van der Waals surface area contributed by atoms with Gasteiger partial charge in [-0.3, -0.25) is 4.79 Å². The van der Waals surface area contributed by atoms with Gasteiger partial charge in [-0.25, -0.2) is 4.68 Å². The number of carboxylic acids is 1. The average molecular weight is 429 g/mol. The molecular formula is C26H28N4O2. The molecule has 3 aromatic heterocycles. The van der Waals surface area contributed by atoms with Crippen molar-refractivity contribution >= 4 is 11.5 Å². The molecule has 1 aliphatic carbocycles. The van der Waals surface area contributed by atoms with Crippen LogP contribution in [0, 0.1) is 0 Å². The highest BCUT2D eigenvalue weighted by atomic mass is 16.4. The number of nitrogens with zero attached hydrogens (tertiary/aromatic N) is 4. The van der Waals surface area contributed by atoms with Crippen LogP contribution in [0.2, 0.25) is 0 Å². The summed E-state index contributed by atoms with van der Waals surface area (Å²) < 4.78 is 4.20. The molecule has 0 aliphatic heterocycles. The van der Waals surface area contributed by atoms with Gasteiger partial charge in [0.25, 0.3) is 0 Å². The Bertz CT molecular complexity index is 1240. The van der Waals surface area contributed by atoms with Gasteiger partial charge < -0.3 is 9.51 Å². The molecule has 4 aromatic rings. The van der Waals surface area contributed by atoms with Crippen molar-refractivity contribution in [2.45, 2.75) is 57.4 Å². The van der Waals surface area contributed by atoms with Crippen LogP contribution in [0.25, 0.3) is 5.52 Å². The average Bonchev–Trinajstić information content (AvgIpc) is 3.40. The molecular weight excluding hydrogens is 400 g/mol. The van der Waals surface area contributed by atoms with Crippen molar-refractivity contribution in [2.75, 3.05) is 0 Å². The molecule has 0 radical (unpaired) electrons. The smallest absolute Gasteiger partial charge is 0.311 e. The first-order valence-corrected chi connectivity index (χ1v) is 11.4. The molecule has 0 saturated heterocycles. The zero-order chi connectivity index (χ0) is 22.1. The SMILES string of the molecule is CCCC(C(=O)O)c1c2c(n3ccccc13)CC(n1cc(Cc3ccccc3)nn1)CC2. The van der Waals surface area contributed by atoms with E-state index in [-0.39, 0.29) is 6.04 Å². The maximum Gasteiger partial charge on any atom is 0.311 e. The monoisotopic (exact) mass is 428 g/mol. The Labute approximate surface area is 187 Å². The van der Waals surface area contributed by atoms with Crippen molar-refractivity contribution in [3.63, 3.8) is 0 Å². The minimum atomic E-state index is -0.727. The lowest BCUT2D eigenvalue weighted by Crippen LogP contribution is -2.21. The summed E-state index contributed by atoms with van der Waals surface area (Å²) in [6.07, 6.45) is 9.03. The van der Waals surface area contributed by atoms with Gasteiger partial charge >= 0.3 is 5.97 Å². The topological polar surface area (TPSA) is 72.4 Å². The second-order valence-corrected chi connectivity index (χ2v) is 8.72. The third kappa shape index (κ3) is 3.70. The summed E-state index contributed by atoms with van der Waals surface area (Å²) in [4.78, 5) is 12.1. The predicted molar refractivity (Wildman–Crippen MR) is 123 cm³/mol. The van der Waals surface area contributed by atoms with E-state index in [9.17, 15) is 9.90 Å². The summed E-state index contributed by atoms with van der Waals surface area (Å²) in [5.74, 6) is -1.18. The molecule has 6 heteroatoms. The van der Waals surface area contributed by atoms with E-state index in [1.54, 1.807) is 0 Å². The molecule has 0 fully saturated rings. The van der Waals surface area contributed by atoms with E-state index in [1.807, 2.05) is 35.0 Å². The highest BCUT2D eigenvalue weighted by Crippen LogP contribution is 2.39. The van der Waals surface area contributed by atoms with Gasteiger partial charge in [-0.1, -0.05) is 55.0 Å². The van der Waals surface area contributed by atoms with Gasteiger partial charge in [0.15, 0.2) is 0 Å². The van der Waals surface area contributed by atoms with Crippen LogP contribution in [0.1, 0.15) is 66.2 Å². The molecule has 0 bridgehead atoms. The van der Waals surface area contributed by atoms with Crippen LogP contribution < -0.4 is 0 Å². The van der Waals surface area contributed by atoms with Crippen LogP contribution in [-0.2, 0) is 24.1 Å². The highest BCUT2D eigenvalue weighted by Gasteiger charge is 2.32. The lowest BCUT2D eigenvalue weighted by molar-refractivity contribution is -0.139. The second kappa shape index (κ2) is 8.61. The van der Waals surface area contributed by atoms with E-state index < -0.39 is 11.9 Å². The zero-order valence-corrected chi connectivity index (χ0v) is 18.3. The zero-order valence-electron chi connectivity index (χ0n) is 18.3. The van der Waals surface area contributed by atoms with E-state index in [0.717, 1.165) is 48.9 Å². The largest absolute Gasteiger partial charge is 0.481 e. The first kappa shape index (κ1) is 20.5. The fraction of sp³-hybridized carbons (Fsp3) is 0.346. The minimum Gasteiger partial charge on any atom is -0.481 e. The molecule has 2 unspecified atom stereocenters. The number of aliphatic carboxylic acids is 1. The molecule has 6 nitrogen and oxygen atoms in total. The number of hydrogen-bond acceptors (Lipinski definition) is 3. The maximum atomic E-state index is 12.1. The first-order valence-electron chi connectivity index (χ1n) is 11.4. The molecule has 0 spiro atoms. The predicted octanol–water partition coefficient (Wildman–Crippen LogP) is 4.82. The number of carbonyl (C=O) groups is 1. The number of hydrogen-bond donors (Lipinski definition) is 1. The fourth-order valence-electron chi connectivity index (χ4n) is 5.16. The van der Waals surface area contributed by atoms with Crippen LogP contribution >= 0.6 is 0 Å². The van der Waals surface area contributed by atoms with Crippen LogP contribution in [0.3, 0.4) is 0 Å². The molecule has 32 heavy (non-hydrogen) atoms. The lowest BCUT2D eigenvalue weighted by atomic mass is 9.85. The van der Waals surface area contributed by atoms with Crippen molar-refractivity contribution in [3.05, 3.63) is 89.0 Å². The van der Waals surface area contributed by atoms with E-state index in [1.165, 1.54) is 16.8 Å². The van der Waals surface area contributed by atoms with Gasteiger partial charge in [-0.2, -0.15) is 0 Å². The molecule has 3 heterocycles. The van der Waals surface area contributed by atoms with Crippen molar-refractivity contribution < 1.29 is 9.90 Å². The number of aromatic nitrogens is 4. The van der Waals surface area contributed by atoms with Gasteiger partial charge in [0.05, 0.1) is 17.7 Å². The molecule has 1 aliphatic rings. The van der Waals surface area contributed by atoms with Crippen LogP contribution in [0.15, 0.2) is 60.9 Å². The van der Waals surface area contributed by atoms with Crippen LogP contribution in [0.5, 0.6) is 0 Å². The second-order valence-electron chi connectivity index (χ2n) is 8.72. The third-order valence-electron chi connectivity index (χ3n) is 6.64. The number of benzene rings is 1. The summed E-state index contributed by atoms with van der Waals surface area (Å²) in [5, 5.41) is 18.8. The molecule has 2 atom stereocenters. The number of carboxylic acid groups (broad SMARTS) is 1. The van der Waals surface area contributed by atoms with Gasteiger partial charge in [-0.15, -0.1) is 5.10 Å². The van der Waals surface area contributed by atoms with Crippen molar-refractivity contribution in [2.24, 2.45) is 0 Å². The Morgan fingerprint density at radius 1 is 1.19 bits per heavy atom. The third-order valence-corrected chi connectivity index (χ3v) is 6.64. The quantitative estimate of drug-likeness (QED) is 0.458. The Kier molecular flexibility index (Phi) is 5.52. The van der Waals surface area contributed by atoms with Crippen molar-refractivity contribution in [1.82, 2.24) is 19.4 Å². The number of pyridine rings is 1. The summed E-state index contributed by atoms with van der Waals surface area (Å²) in [5.41, 5.74) is 6.67. The van der Waals surface area contributed by atoms with Crippen molar-refractivity contribution in [1.29, 1.82) is 0 Å². The summed E-state index contributed by atoms with van der Waals surface area (Å²) in [7, 11) is 0. The summed E-state index contributed by atoms with van der Waals surface area (Å²) in [6.45, 7) is 2.05. The van der Waals surface area contributed by atoms with Gasteiger partial charge in [-0.05, 0) is 48.1 Å². The molecule has 0 amide bonds. The Balaban J connectivity index is 1.47. The van der Waals surface area contributed by atoms with Gasteiger partial charge in [0.1, 0.15) is 0 Å². The van der Waals surface area contributed by atoms with E-state index in [4.69, 9.17) is 0 Å². The van der Waals surface area contributed by atoms with E-state index in [2.05, 4.69) is 52.2 Å². The Morgan fingerprint density at radius 3 is 2.78 bits per heavy atom. The van der Waals surface area contributed by atoms with E-state index >= 15 is 0 Å². The summed E-state index contributed by atoms with van der Waals surface area (Å²) >= 11 is 0. The number of fused-ring (bicyclic) bond motifs is 3. The minimum absolute atomic E-state index is 0.222. The fourth-order valence-corrected chi connectivity index (χ4v) is 5.16. The van der Waals surface area contributed by atoms with Gasteiger partial charge in [0.2, 0.25) is 0 Å². The summed E-state index contributed by atoms with van der Waals surface area (Å²) in [6, 6.07) is 16.6. The number of rotatable bonds is 7.